The van der Waals surface area contributed by atoms with Gasteiger partial charge in [0.2, 0.25) is 0 Å². The summed E-state index contributed by atoms with van der Waals surface area (Å²) in [5, 5.41) is 0. The average molecular weight is 346 g/mol. The van der Waals surface area contributed by atoms with Gasteiger partial charge < -0.3 is 18.8 Å². The first-order valence-electron chi connectivity index (χ1n) is 8.90. The highest BCUT2D eigenvalue weighted by Gasteiger charge is 2.53. The Kier molecular flexibility index (Phi) is 4.62. The van der Waals surface area contributed by atoms with Crippen molar-refractivity contribution < 1.29 is 23.6 Å². The fraction of sp³-hybridized carbons (Fsp3) is 0.632. The first-order valence-corrected chi connectivity index (χ1v) is 8.90. The number of benzene rings is 1. The molecule has 1 heterocycles. The van der Waals surface area contributed by atoms with Gasteiger partial charge in [-0.1, -0.05) is 12.1 Å². The van der Waals surface area contributed by atoms with E-state index < -0.39 is 18.3 Å². The molecule has 0 bridgehead atoms. The van der Waals surface area contributed by atoms with E-state index >= 15 is 0 Å². The van der Waals surface area contributed by atoms with Crippen LogP contribution in [-0.4, -0.2) is 38.0 Å². The number of ether oxygens (including phenoxy) is 2. The van der Waals surface area contributed by atoms with Crippen LogP contribution in [0.3, 0.4) is 0 Å². The predicted molar refractivity (Wildman–Crippen MR) is 96.2 cm³/mol. The largest absolute Gasteiger partial charge is 0.498 e. The minimum absolute atomic E-state index is 0.0421. The Balaban J connectivity index is 1.84. The van der Waals surface area contributed by atoms with Crippen LogP contribution in [0.1, 0.15) is 52.5 Å². The van der Waals surface area contributed by atoms with E-state index in [2.05, 4.69) is 0 Å². The molecule has 3 rings (SSSR count). The summed E-state index contributed by atoms with van der Waals surface area (Å²) in [4.78, 5) is 11.9. The highest BCUT2D eigenvalue weighted by molar-refractivity contribution is 6.63. The van der Waals surface area contributed by atoms with Gasteiger partial charge >= 0.3 is 13.1 Å². The van der Waals surface area contributed by atoms with Gasteiger partial charge in [-0.15, -0.1) is 0 Å². The Hall–Kier alpha value is -1.53. The molecule has 0 N–H and O–H groups in total. The van der Waals surface area contributed by atoms with Crippen LogP contribution in [-0.2, 0) is 18.8 Å². The fourth-order valence-corrected chi connectivity index (χ4v) is 3.21. The molecule has 1 aromatic carbocycles. The average Bonchev–Trinajstić information content (AvgIpc) is 3.30. The summed E-state index contributed by atoms with van der Waals surface area (Å²) in [5.41, 5.74) is 1.15. The summed E-state index contributed by atoms with van der Waals surface area (Å²) in [5.74, 6) is 0.779. The van der Waals surface area contributed by atoms with Crippen LogP contribution in [0.25, 0.3) is 0 Å². The molecular formula is C19H27BO5. The summed E-state index contributed by atoms with van der Waals surface area (Å²) in [6.07, 6.45) is 0.827. The van der Waals surface area contributed by atoms with E-state index in [0.717, 1.165) is 23.2 Å². The van der Waals surface area contributed by atoms with Gasteiger partial charge in [0.25, 0.3) is 0 Å². The molecule has 1 saturated carbocycles. The lowest BCUT2D eigenvalue weighted by Gasteiger charge is -2.32. The molecule has 6 heteroatoms. The molecule has 1 aliphatic heterocycles. The van der Waals surface area contributed by atoms with E-state index in [4.69, 9.17) is 18.8 Å². The minimum atomic E-state index is -0.486. The number of esters is 1. The molecule has 1 aromatic rings. The van der Waals surface area contributed by atoms with Gasteiger partial charge in [-0.2, -0.15) is 0 Å². The second-order valence-corrected chi connectivity index (χ2v) is 7.79. The highest BCUT2D eigenvalue weighted by Crippen LogP contribution is 2.48. The van der Waals surface area contributed by atoms with Crippen LogP contribution in [0.5, 0.6) is 5.75 Å². The zero-order valence-corrected chi connectivity index (χ0v) is 15.9. The Bertz CT molecular complexity index is 654. The van der Waals surface area contributed by atoms with Crippen molar-refractivity contribution >= 4 is 18.6 Å². The third-order valence-electron chi connectivity index (χ3n) is 5.57. The van der Waals surface area contributed by atoms with E-state index in [0.29, 0.717) is 6.61 Å². The van der Waals surface area contributed by atoms with Crippen LogP contribution < -0.4 is 10.2 Å². The number of carbonyl (C=O) groups excluding carboxylic acids is 1. The molecule has 25 heavy (non-hydrogen) atoms. The molecule has 136 valence electrons. The van der Waals surface area contributed by atoms with E-state index in [1.807, 2.05) is 52.8 Å². The summed E-state index contributed by atoms with van der Waals surface area (Å²) in [7, 11) is 1.15. The summed E-state index contributed by atoms with van der Waals surface area (Å²) in [6, 6.07) is 5.98. The van der Waals surface area contributed by atoms with Crippen molar-refractivity contribution in [1.82, 2.24) is 0 Å². The Morgan fingerprint density at radius 3 is 2.44 bits per heavy atom. The zero-order chi connectivity index (χ0) is 18.4. The van der Waals surface area contributed by atoms with E-state index in [9.17, 15) is 4.79 Å². The molecule has 2 aliphatic rings. The van der Waals surface area contributed by atoms with Crippen LogP contribution in [0.15, 0.2) is 18.2 Å². The lowest BCUT2D eigenvalue weighted by atomic mass is 9.77. The lowest BCUT2D eigenvalue weighted by molar-refractivity contribution is -0.144. The minimum Gasteiger partial charge on any atom is -0.497 e. The monoisotopic (exact) mass is 346 g/mol. The molecule has 2 fully saturated rings. The van der Waals surface area contributed by atoms with Crippen LogP contribution in [0.2, 0.25) is 0 Å². The SMILES string of the molecule is CCOC(=O)C1C[C@H]1c1ccc(OC)c(B2OC(C)(C)C(C)(C)O2)c1. The van der Waals surface area contributed by atoms with E-state index in [1.54, 1.807) is 7.11 Å². The fourth-order valence-electron chi connectivity index (χ4n) is 3.21. The molecule has 0 radical (unpaired) electrons. The maximum Gasteiger partial charge on any atom is 0.498 e. The summed E-state index contributed by atoms with van der Waals surface area (Å²) in [6.45, 7) is 10.4. The van der Waals surface area contributed by atoms with Gasteiger partial charge in [-0.25, -0.2) is 0 Å². The molecule has 1 saturated heterocycles. The van der Waals surface area contributed by atoms with Crippen molar-refractivity contribution in [2.75, 3.05) is 13.7 Å². The smallest absolute Gasteiger partial charge is 0.497 e. The second-order valence-electron chi connectivity index (χ2n) is 7.79. The first-order chi connectivity index (χ1) is 11.7. The molecule has 1 unspecified atom stereocenters. The third-order valence-corrected chi connectivity index (χ3v) is 5.57. The molecule has 1 aliphatic carbocycles. The quantitative estimate of drug-likeness (QED) is 0.606. The van der Waals surface area contributed by atoms with Crippen LogP contribution in [0, 0.1) is 5.92 Å². The second kappa shape index (κ2) is 6.33. The van der Waals surface area contributed by atoms with Gasteiger partial charge in [0.15, 0.2) is 0 Å². The van der Waals surface area contributed by atoms with Crippen molar-refractivity contribution in [1.29, 1.82) is 0 Å². The normalized spacial score (nSPS) is 26.4. The first kappa shape index (κ1) is 18.3. The van der Waals surface area contributed by atoms with Crippen molar-refractivity contribution in [2.45, 2.75) is 58.2 Å². The number of carbonyl (C=O) groups is 1. The van der Waals surface area contributed by atoms with Crippen LogP contribution in [0.4, 0.5) is 0 Å². The van der Waals surface area contributed by atoms with E-state index in [-0.39, 0.29) is 17.8 Å². The third kappa shape index (κ3) is 3.29. The molecule has 0 amide bonds. The maximum absolute atomic E-state index is 11.9. The van der Waals surface area contributed by atoms with Crippen LogP contribution >= 0.6 is 0 Å². The van der Waals surface area contributed by atoms with Crippen molar-refractivity contribution in [3.05, 3.63) is 23.8 Å². The number of methoxy groups -OCH3 is 1. The van der Waals surface area contributed by atoms with Gasteiger partial charge in [0, 0.05) is 5.46 Å². The summed E-state index contributed by atoms with van der Waals surface area (Å²) < 4.78 is 23.0. The standard InChI is InChI=1S/C19H27BO5/c1-7-23-17(21)14-11-13(14)12-8-9-16(22-6)15(10-12)20-24-18(2,3)19(4,5)25-20/h8-10,13-14H,7,11H2,1-6H3/t13-,14?/m0/s1. The Morgan fingerprint density at radius 2 is 1.88 bits per heavy atom. The summed E-state index contributed by atoms with van der Waals surface area (Å²) >= 11 is 0. The Labute approximate surface area is 150 Å². The molecule has 2 atom stereocenters. The van der Waals surface area contributed by atoms with Crippen molar-refractivity contribution in [3.8, 4) is 5.75 Å². The number of hydrogen-bond acceptors (Lipinski definition) is 5. The zero-order valence-electron chi connectivity index (χ0n) is 15.9. The van der Waals surface area contributed by atoms with Gasteiger partial charge in [0.05, 0.1) is 30.8 Å². The molecule has 0 spiro atoms. The topological polar surface area (TPSA) is 54.0 Å². The number of hydrogen-bond donors (Lipinski definition) is 0. The predicted octanol–water partition coefficient (Wildman–Crippen LogP) is 2.66. The van der Waals surface area contributed by atoms with Crippen molar-refractivity contribution in [3.63, 3.8) is 0 Å². The van der Waals surface area contributed by atoms with Gasteiger partial charge in [-0.3, -0.25) is 4.79 Å². The Morgan fingerprint density at radius 1 is 1.24 bits per heavy atom. The molecule has 0 aromatic heterocycles. The van der Waals surface area contributed by atoms with E-state index in [1.165, 1.54) is 0 Å². The lowest BCUT2D eigenvalue weighted by Crippen LogP contribution is -2.41. The van der Waals surface area contributed by atoms with Crippen molar-refractivity contribution in [2.24, 2.45) is 5.92 Å². The molecular weight excluding hydrogens is 319 g/mol. The van der Waals surface area contributed by atoms with Gasteiger partial charge in [0.1, 0.15) is 5.75 Å². The highest BCUT2D eigenvalue weighted by atomic mass is 16.7. The maximum atomic E-state index is 11.9. The van der Waals surface area contributed by atoms with Gasteiger partial charge in [-0.05, 0) is 58.6 Å². The molecule has 5 nitrogen and oxygen atoms in total. The number of rotatable bonds is 5.